The maximum Gasteiger partial charge on any atom is 0.165 e. The molecule has 0 saturated heterocycles. The van der Waals surface area contributed by atoms with E-state index in [0.29, 0.717) is 19.6 Å². The van der Waals surface area contributed by atoms with E-state index in [4.69, 9.17) is 10.5 Å². The van der Waals surface area contributed by atoms with Crippen LogP contribution in [0.2, 0.25) is 0 Å². The second kappa shape index (κ2) is 5.64. The van der Waals surface area contributed by atoms with Gasteiger partial charge in [0.05, 0.1) is 6.20 Å². The van der Waals surface area contributed by atoms with Gasteiger partial charge < -0.3 is 10.5 Å². The third kappa shape index (κ3) is 2.87. The van der Waals surface area contributed by atoms with Crippen LogP contribution in [0.4, 0.5) is 4.39 Å². The van der Waals surface area contributed by atoms with Crippen molar-refractivity contribution in [2.45, 2.75) is 13.0 Å². The van der Waals surface area contributed by atoms with Crippen molar-refractivity contribution in [1.82, 2.24) is 9.78 Å². The number of hydrogen-bond donors (Lipinski definition) is 1. The van der Waals surface area contributed by atoms with Crippen LogP contribution in [0.5, 0.6) is 5.75 Å². The summed E-state index contributed by atoms with van der Waals surface area (Å²) in [5.74, 6) is -0.0726. The summed E-state index contributed by atoms with van der Waals surface area (Å²) < 4.78 is 20.9. The van der Waals surface area contributed by atoms with Crippen molar-refractivity contribution in [3.63, 3.8) is 0 Å². The Morgan fingerprint density at radius 2 is 2.28 bits per heavy atom. The molecule has 2 aromatic rings. The fourth-order valence-corrected chi connectivity index (χ4v) is 1.77. The van der Waals surface area contributed by atoms with E-state index in [2.05, 4.69) is 5.10 Å². The van der Waals surface area contributed by atoms with Crippen LogP contribution in [0.3, 0.4) is 0 Å². The summed E-state index contributed by atoms with van der Waals surface area (Å²) in [6, 6.07) is 4.88. The van der Waals surface area contributed by atoms with Gasteiger partial charge >= 0.3 is 0 Å². The minimum Gasteiger partial charge on any atom is -0.485 e. The fraction of sp³-hybridized carbons (Fsp3) is 0.308. The van der Waals surface area contributed by atoms with E-state index in [9.17, 15) is 4.39 Å². The minimum absolute atomic E-state index is 0.284. The van der Waals surface area contributed by atoms with Gasteiger partial charge in [0.2, 0.25) is 0 Å². The van der Waals surface area contributed by atoms with Crippen LogP contribution in [0.15, 0.2) is 30.6 Å². The van der Waals surface area contributed by atoms with Crippen LogP contribution in [0.25, 0.3) is 0 Å². The third-order valence-electron chi connectivity index (χ3n) is 2.60. The van der Waals surface area contributed by atoms with Crippen LogP contribution in [-0.2, 0) is 20.1 Å². The lowest BCUT2D eigenvalue weighted by atomic mass is 10.1. The number of nitrogens with two attached hydrogens (primary N) is 1. The lowest BCUT2D eigenvalue weighted by molar-refractivity contribution is 0.287. The molecule has 0 amide bonds. The van der Waals surface area contributed by atoms with E-state index in [-0.39, 0.29) is 11.6 Å². The number of aryl methyl sites for hydroxylation is 1. The highest BCUT2D eigenvalue weighted by Gasteiger charge is 2.09. The van der Waals surface area contributed by atoms with Crippen molar-refractivity contribution < 1.29 is 9.13 Å². The molecule has 2 N–H and O–H groups in total. The Labute approximate surface area is 105 Å². The van der Waals surface area contributed by atoms with Crippen molar-refractivity contribution in [1.29, 1.82) is 0 Å². The summed E-state index contributed by atoms with van der Waals surface area (Å²) in [5.41, 5.74) is 7.19. The molecule has 0 aliphatic carbocycles. The molecule has 96 valence electrons. The van der Waals surface area contributed by atoms with E-state index in [1.165, 1.54) is 6.07 Å². The highest BCUT2D eigenvalue weighted by molar-refractivity contribution is 5.35. The van der Waals surface area contributed by atoms with Gasteiger partial charge in [-0.15, -0.1) is 0 Å². The first-order valence-corrected chi connectivity index (χ1v) is 5.78. The number of halogens is 1. The molecule has 1 aromatic carbocycles. The van der Waals surface area contributed by atoms with Crippen molar-refractivity contribution in [2.75, 3.05) is 6.54 Å². The number of ether oxygens (including phenoxy) is 1. The summed E-state index contributed by atoms with van der Waals surface area (Å²) in [5, 5.41) is 4.03. The van der Waals surface area contributed by atoms with Gasteiger partial charge in [0, 0.05) is 18.8 Å². The highest BCUT2D eigenvalue weighted by Crippen LogP contribution is 2.23. The van der Waals surface area contributed by atoms with E-state index >= 15 is 0 Å². The van der Waals surface area contributed by atoms with Gasteiger partial charge in [-0.05, 0) is 24.6 Å². The number of para-hydroxylation sites is 1. The third-order valence-corrected chi connectivity index (χ3v) is 2.60. The number of benzene rings is 1. The number of aromatic nitrogens is 2. The predicted octanol–water partition coefficient (Wildman–Crippen LogP) is 1.64. The summed E-state index contributed by atoms with van der Waals surface area (Å²) in [6.07, 6.45) is 4.13. The van der Waals surface area contributed by atoms with E-state index in [1.807, 2.05) is 19.3 Å². The van der Waals surface area contributed by atoms with Gasteiger partial charge in [-0.3, -0.25) is 4.68 Å². The fourth-order valence-electron chi connectivity index (χ4n) is 1.77. The Balaban J connectivity index is 2.12. The molecule has 18 heavy (non-hydrogen) atoms. The van der Waals surface area contributed by atoms with Gasteiger partial charge in [-0.2, -0.15) is 5.10 Å². The van der Waals surface area contributed by atoms with Crippen molar-refractivity contribution in [3.8, 4) is 5.75 Å². The van der Waals surface area contributed by atoms with Gasteiger partial charge in [-0.25, -0.2) is 4.39 Å². The largest absolute Gasteiger partial charge is 0.485 e. The standard InChI is InChI=1S/C13H16FN3O/c1-17-8-10(7-16-17)9-18-13-11(5-6-15)3-2-4-12(13)14/h2-4,7-8H,5-6,9,15H2,1H3. The second-order valence-electron chi connectivity index (χ2n) is 4.08. The first kappa shape index (κ1) is 12.6. The lowest BCUT2D eigenvalue weighted by Crippen LogP contribution is -2.06. The maximum absolute atomic E-state index is 13.7. The zero-order valence-corrected chi connectivity index (χ0v) is 10.3. The molecule has 0 aliphatic heterocycles. The van der Waals surface area contributed by atoms with Crippen molar-refractivity contribution >= 4 is 0 Å². The van der Waals surface area contributed by atoms with Crippen LogP contribution >= 0.6 is 0 Å². The number of rotatable bonds is 5. The average molecular weight is 249 g/mol. The quantitative estimate of drug-likeness (QED) is 0.876. The molecule has 0 spiro atoms. The number of hydrogen-bond acceptors (Lipinski definition) is 3. The Kier molecular flexibility index (Phi) is 3.94. The Bertz CT molecular complexity index is 525. The molecule has 0 atom stereocenters. The van der Waals surface area contributed by atoms with E-state index in [1.54, 1.807) is 16.9 Å². The first-order chi connectivity index (χ1) is 8.70. The lowest BCUT2D eigenvalue weighted by Gasteiger charge is -2.11. The molecule has 1 aromatic heterocycles. The molecular weight excluding hydrogens is 233 g/mol. The van der Waals surface area contributed by atoms with E-state index in [0.717, 1.165) is 11.1 Å². The van der Waals surface area contributed by atoms with Gasteiger partial charge in [0.1, 0.15) is 6.61 Å². The van der Waals surface area contributed by atoms with Crippen molar-refractivity contribution in [3.05, 3.63) is 47.5 Å². The van der Waals surface area contributed by atoms with Crippen LogP contribution in [-0.4, -0.2) is 16.3 Å². The Morgan fingerprint density at radius 1 is 1.44 bits per heavy atom. The van der Waals surface area contributed by atoms with E-state index < -0.39 is 0 Å². The molecule has 0 fully saturated rings. The summed E-state index contributed by atoms with van der Waals surface area (Å²) in [6.45, 7) is 0.763. The molecule has 4 nitrogen and oxygen atoms in total. The summed E-state index contributed by atoms with van der Waals surface area (Å²) in [7, 11) is 1.83. The Morgan fingerprint density at radius 3 is 2.94 bits per heavy atom. The van der Waals surface area contributed by atoms with Gasteiger partial charge in [0.15, 0.2) is 11.6 Å². The topological polar surface area (TPSA) is 53.1 Å². The van der Waals surface area contributed by atoms with Crippen LogP contribution in [0, 0.1) is 5.82 Å². The monoisotopic (exact) mass is 249 g/mol. The molecule has 0 radical (unpaired) electrons. The molecule has 0 unspecified atom stereocenters. The molecule has 0 bridgehead atoms. The van der Waals surface area contributed by atoms with Gasteiger partial charge in [0.25, 0.3) is 0 Å². The first-order valence-electron chi connectivity index (χ1n) is 5.78. The SMILES string of the molecule is Cn1cc(COc2c(F)cccc2CCN)cn1. The summed E-state index contributed by atoms with van der Waals surface area (Å²) >= 11 is 0. The maximum atomic E-state index is 13.7. The van der Waals surface area contributed by atoms with Crippen LogP contribution in [0.1, 0.15) is 11.1 Å². The normalized spacial score (nSPS) is 10.6. The van der Waals surface area contributed by atoms with Gasteiger partial charge in [-0.1, -0.05) is 12.1 Å². The molecule has 2 rings (SSSR count). The van der Waals surface area contributed by atoms with Crippen molar-refractivity contribution in [2.24, 2.45) is 12.8 Å². The smallest absolute Gasteiger partial charge is 0.165 e. The van der Waals surface area contributed by atoms with Crippen LogP contribution < -0.4 is 10.5 Å². The minimum atomic E-state index is -0.357. The zero-order chi connectivity index (χ0) is 13.0. The molecule has 0 aliphatic rings. The molecule has 1 heterocycles. The zero-order valence-electron chi connectivity index (χ0n) is 10.3. The molecular formula is C13H16FN3O. The summed E-state index contributed by atoms with van der Waals surface area (Å²) in [4.78, 5) is 0. The second-order valence-corrected chi connectivity index (χ2v) is 4.08. The molecule has 5 heteroatoms. The molecule has 0 saturated carbocycles. The Hall–Kier alpha value is -1.88. The average Bonchev–Trinajstić information content (AvgIpc) is 2.75. The predicted molar refractivity (Wildman–Crippen MR) is 66.7 cm³/mol. The highest BCUT2D eigenvalue weighted by atomic mass is 19.1. The number of nitrogens with zero attached hydrogens (tertiary/aromatic N) is 2.